The van der Waals surface area contributed by atoms with E-state index >= 15 is 0 Å². The number of phenolic OH excluding ortho intramolecular Hbond substituents is 1. The summed E-state index contributed by atoms with van der Waals surface area (Å²) < 4.78 is 66.6. The molecule has 2 aliphatic rings. The first-order chi connectivity index (χ1) is 15.9. The molecule has 12 heteroatoms. The lowest BCUT2D eigenvalue weighted by Gasteiger charge is -2.44. The molecule has 2 saturated heterocycles. The number of halogens is 3. The molecular formula is C22H22F3N3O5S. The summed E-state index contributed by atoms with van der Waals surface area (Å²) in [5, 5.41) is 12.1. The van der Waals surface area contributed by atoms with Gasteiger partial charge in [-0.3, -0.25) is 9.59 Å². The van der Waals surface area contributed by atoms with Crippen LogP contribution < -0.4 is 10.0 Å². The van der Waals surface area contributed by atoms with Crippen LogP contribution in [0.4, 0.5) is 13.2 Å². The van der Waals surface area contributed by atoms with Gasteiger partial charge < -0.3 is 15.3 Å². The van der Waals surface area contributed by atoms with Gasteiger partial charge in [-0.25, -0.2) is 13.1 Å². The lowest BCUT2D eigenvalue weighted by atomic mass is 9.92. The fraction of sp³-hybridized carbons (Fsp3) is 0.364. The van der Waals surface area contributed by atoms with Gasteiger partial charge in [0, 0.05) is 19.0 Å². The molecule has 0 bridgehead atoms. The van der Waals surface area contributed by atoms with Crippen molar-refractivity contribution in [1.29, 1.82) is 0 Å². The van der Waals surface area contributed by atoms with Gasteiger partial charge >= 0.3 is 6.18 Å². The summed E-state index contributed by atoms with van der Waals surface area (Å²) in [4.78, 5) is 26.5. The molecule has 0 spiro atoms. The van der Waals surface area contributed by atoms with Crippen molar-refractivity contribution in [3.05, 3.63) is 59.7 Å². The van der Waals surface area contributed by atoms with E-state index in [0.29, 0.717) is 6.07 Å². The van der Waals surface area contributed by atoms with Gasteiger partial charge in [-0.05, 0) is 48.7 Å². The zero-order chi connectivity index (χ0) is 24.7. The minimum absolute atomic E-state index is 0.00168. The zero-order valence-corrected chi connectivity index (χ0v) is 18.6. The van der Waals surface area contributed by atoms with Gasteiger partial charge in [-0.15, -0.1) is 0 Å². The van der Waals surface area contributed by atoms with Gasteiger partial charge in [-0.2, -0.15) is 13.2 Å². The number of carbonyl (C=O) groups excluding carboxylic acids is 2. The fourth-order valence-electron chi connectivity index (χ4n) is 4.25. The average molecular weight is 497 g/mol. The van der Waals surface area contributed by atoms with Crippen LogP contribution in [0.25, 0.3) is 0 Å². The Hall–Kier alpha value is -3.12. The molecule has 4 rings (SSSR count). The SMILES string of the molecule is O=C1N[C@H](Cc2ccc(O)cc2)C(=O)N2CC[C@@H](NS(=O)(=O)c3cccc(C(F)(F)F)c3)C[C@@H]12. The van der Waals surface area contributed by atoms with E-state index < -0.39 is 50.7 Å². The minimum Gasteiger partial charge on any atom is -0.508 e. The van der Waals surface area contributed by atoms with Gasteiger partial charge in [0.05, 0.1) is 10.5 Å². The second kappa shape index (κ2) is 8.91. The maximum absolute atomic E-state index is 13.0. The summed E-state index contributed by atoms with van der Waals surface area (Å²) >= 11 is 0. The number of sulfonamides is 1. The maximum atomic E-state index is 13.0. The lowest BCUT2D eigenvalue weighted by molar-refractivity contribution is -0.151. The molecule has 0 aliphatic carbocycles. The predicted molar refractivity (Wildman–Crippen MR) is 114 cm³/mol. The quantitative estimate of drug-likeness (QED) is 0.583. The molecule has 2 heterocycles. The number of hydrogen-bond acceptors (Lipinski definition) is 5. The lowest BCUT2D eigenvalue weighted by Crippen LogP contribution is -2.67. The number of piperidine rings is 1. The first kappa shape index (κ1) is 24.0. The van der Waals surface area contributed by atoms with Gasteiger partial charge in [0.25, 0.3) is 0 Å². The summed E-state index contributed by atoms with van der Waals surface area (Å²) in [6.45, 7) is 0.124. The van der Waals surface area contributed by atoms with E-state index in [1.807, 2.05) is 0 Å². The van der Waals surface area contributed by atoms with Crippen molar-refractivity contribution < 1.29 is 36.3 Å². The van der Waals surface area contributed by atoms with E-state index in [4.69, 9.17) is 0 Å². The molecule has 3 atom stereocenters. The Balaban J connectivity index is 1.43. The molecule has 0 unspecified atom stereocenters. The van der Waals surface area contributed by atoms with Crippen LogP contribution in [-0.2, 0) is 32.2 Å². The topological polar surface area (TPSA) is 116 Å². The Bertz CT molecular complexity index is 1200. The highest BCUT2D eigenvalue weighted by Crippen LogP contribution is 2.31. The molecule has 2 amide bonds. The van der Waals surface area contributed by atoms with Gasteiger partial charge in [0.15, 0.2) is 0 Å². The molecular weight excluding hydrogens is 475 g/mol. The summed E-state index contributed by atoms with van der Waals surface area (Å²) in [5.74, 6) is -0.638. The third-order valence-electron chi connectivity index (χ3n) is 5.97. The number of nitrogens with one attached hydrogen (secondary N) is 2. The highest BCUT2D eigenvalue weighted by molar-refractivity contribution is 7.89. The van der Waals surface area contributed by atoms with Crippen molar-refractivity contribution in [3.8, 4) is 5.75 Å². The van der Waals surface area contributed by atoms with Gasteiger partial charge in [-0.1, -0.05) is 18.2 Å². The van der Waals surface area contributed by atoms with Crippen molar-refractivity contribution in [2.45, 2.75) is 48.5 Å². The molecule has 2 aliphatic heterocycles. The van der Waals surface area contributed by atoms with E-state index in [1.165, 1.54) is 17.0 Å². The minimum atomic E-state index is -4.69. The number of carbonyl (C=O) groups is 2. The smallest absolute Gasteiger partial charge is 0.416 e. The van der Waals surface area contributed by atoms with E-state index in [2.05, 4.69) is 10.0 Å². The van der Waals surface area contributed by atoms with Crippen LogP contribution >= 0.6 is 0 Å². The van der Waals surface area contributed by atoms with E-state index in [0.717, 1.165) is 23.8 Å². The largest absolute Gasteiger partial charge is 0.508 e. The molecule has 34 heavy (non-hydrogen) atoms. The van der Waals surface area contributed by atoms with Crippen molar-refractivity contribution in [1.82, 2.24) is 14.9 Å². The number of alkyl halides is 3. The second-order valence-corrected chi connectivity index (χ2v) is 10.1. The summed E-state index contributed by atoms with van der Waals surface area (Å²) in [7, 11) is -4.27. The van der Waals surface area contributed by atoms with E-state index in [-0.39, 0.29) is 37.5 Å². The van der Waals surface area contributed by atoms with Crippen LogP contribution in [0, 0.1) is 0 Å². The number of phenols is 1. The third-order valence-corrected chi connectivity index (χ3v) is 7.49. The van der Waals surface area contributed by atoms with Crippen LogP contribution in [0.5, 0.6) is 5.75 Å². The first-order valence-corrected chi connectivity index (χ1v) is 12.0. The van der Waals surface area contributed by atoms with Crippen molar-refractivity contribution in [2.24, 2.45) is 0 Å². The van der Waals surface area contributed by atoms with Crippen LogP contribution in [0.15, 0.2) is 53.4 Å². The third kappa shape index (κ3) is 5.02. The number of aromatic hydroxyl groups is 1. The Labute approximate surface area is 193 Å². The van der Waals surface area contributed by atoms with Gasteiger partial charge in [0.1, 0.15) is 17.8 Å². The van der Waals surface area contributed by atoms with Crippen LogP contribution in [0.1, 0.15) is 24.0 Å². The Morgan fingerprint density at radius 2 is 1.82 bits per heavy atom. The number of amides is 2. The highest BCUT2D eigenvalue weighted by atomic mass is 32.2. The van der Waals surface area contributed by atoms with Crippen molar-refractivity contribution >= 4 is 21.8 Å². The van der Waals surface area contributed by atoms with Gasteiger partial charge in [0.2, 0.25) is 21.8 Å². The zero-order valence-electron chi connectivity index (χ0n) is 17.7. The predicted octanol–water partition coefficient (Wildman–Crippen LogP) is 1.79. The maximum Gasteiger partial charge on any atom is 0.416 e. The normalized spacial score (nSPS) is 23.4. The van der Waals surface area contributed by atoms with Crippen molar-refractivity contribution in [2.75, 3.05) is 6.54 Å². The number of nitrogens with zero attached hydrogens (tertiary/aromatic N) is 1. The van der Waals surface area contributed by atoms with Crippen molar-refractivity contribution in [3.63, 3.8) is 0 Å². The van der Waals surface area contributed by atoms with Crippen LogP contribution in [0.3, 0.4) is 0 Å². The summed E-state index contributed by atoms with van der Waals surface area (Å²) in [6, 6.07) is 7.28. The Morgan fingerprint density at radius 1 is 1.12 bits per heavy atom. The average Bonchev–Trinajstić information content (AvgIpc) is 2.78. The van der Waals surface area contributed by atoms with E-state index in [9.17, 15) is 36.3 Å². The Morgan fingerprint density at radius 3 is 2.50 bits per heavy atom. The molecule has 0 aromatic heterocycles. The van der Waals surface area contributed by atoms with Crippen LogP contribution in [0.2, 0.25) is 0 Å². The molecule has 2 aromatic carbocycles. The Kier molecular flexibility index (Phi) is 6.30. The summed E-state index contributed by atoms with van der Waals surface area (Å²) in [6.07, 6.45) is -4.24. The molecule has 8 nitrogen and oxygen atoms in total. The fourth-order valence-corrected chi connectivity index (χ4v) is 5.58. The molecule has 2 aromatic rings. The number of hydrogen-bond donors (Lipinski definition) is 3. The first-order valence-electron chi connectivity index (χ1n) is 10.5. The van der Waals surface area contributed by atoms with E-state index in [1.54, 1.807) is 12.1 Å². The molecule has 182 valence electrons. The number of rotatable bonds is 5. The number of piperazine rings is 1. The monoisotopic (exact) mass is 497 g/mol. The molecule has 0 radical (unpaired) electrons. The molecule has 2 fully saturated rings. The molecule has 0 saturated carbocycles. The van der Waals surface area contributed by atoms with Crippen LogP contribution in [-0.4, -0.2) is 54.9 Å². The summed E-state index contributed by atoms with van der Waals surface area (Å²) in [5.41, 5.74) is -0.333. The molecule has 3 N–H and O–H groups in total. The standard InChI is InChI=1S/C22H22F3N3O5S/c23-22(24,25)14-2-1-3-17(11-14)34(32,33)27-15-8-9-28-19(12-15)20(30)26-18(21(28)31)10-13-4-6-16(29)7-5-13/h1-7,11,15,18-19,27,29H,8-10,12H2,(H,26,30)/t15-,18-,19+/m1/s1. The number of fused-ring (bicyclic) bond motifs is 1. The number of benzene rings is 2. The highest BCUT2D eigenvalue weighted by Gasteiger charge is 2.44. The second-order valence-electron chi connectivity index (χ2n) is 8.35.